The van der Waals surface area contributed by atoms with Gasteiger partial charge in [0, 0.05) is 23.5 Å². The molecule has 0 saturated carbocycles. The van der Waals surface area contributed by atoms with E-state index in [4.69, 9.17) is 15.3 Å². The molecule has 0 radical (unpaired) electrons. The van der Waals surface area contributed by atoms with Crippen molar-refractivity contribution in [1.82, 2.24) is 4.98 Å². The number of oxime groups is 1. The molecule has 0 saturated heterocycles. The van der Waals surface area contributed by atoms with Crippen molar-refractivity contribution in [2.45, 2.75) is 19.4 Å². The minimum atomic E-state index is -4.37. The molecular formula is C21H18F3N3O2. The van der Waals surface area contributed by atoms with Crippen molar-refractivity contribution in [3.63, 3.8) is 0 Å². The molecule has 29 heavy (non-hydrogen) atoms. The van der Waals surface area contributed by atoms with E-state index in [0.29, 0.717) is 23.5 Å². The highest BCUT2D eigenvalue weighted by Gasteiger charge is 2.29. The molecule has 0 aliphatic rings. The molecule has 3 aromatic rings. The summed E-state index contributed by atoms with van der Waals surface area (Å²) in [6.45, 7) is 0.356. The Morgan fingerprint density at radius 2 is 1.76 bits per heavy atom. The Hall–Kier alpha value is -3.55. The summed E-state index contributed by atoms with van der Waals surface area (Å²) in [5.41, 5.74) is 7.28. The summed E-state index contributed by atoms with van der Waals surface area (Å²) in [6.07, 6.45) is -0.965. The smallest absolute Gasteiger partial charge is 0.416 e. The first-order chi connectivity index (χ1) is 13.9. The third-order valence-electron chi connectivity index (χ3n) is 3.93. The van der Waals surface area contributed by atoms with E-state index in [0.717, 1.165) is 17.7 Å². The lowest BCUT2D eigenvalue weighted by Gasteiger charge is -2.08. The molecule has 0 aliphatic carbocycles. The van der Waals surface area contributed by atoms with Gasteiger partial charge in [0.25, 0.3) is 0 Å². The molecule has 2 aromatic carbocycles. The van der Waals surface area contributed by atoms with Crippen molar-refractivity contribution in [2.24, 2.45) is 10.9 Å². The van der Waals surface area contributed by atoms with E-state index in [1.165, 1.54) is 12.1 Å². The van der Waals surface area contributed by atoms with Crippen LogP contribution in [0, 0.1) is 0 Å². The molecule has 0 bridgehead atoms. The Morgan fingerprint density at radius 1 is 0.966 bits per heavy atom. The van der Waals surface area contributed by atoms with Gasteiger partial charge in [-0.25, -0.2) is 0 Å². The van der Waals surface area contributed by atoms with E-state index in [9.17, 15) is 13.2 Å². The molecular weight excluding hydrogens is 383 g/mol. The van der Waals surface area contributed by atoms with Gasteiger partial charge in [-0.15, -0.1) is 0 Å². The Labute approximate surface area is 165 Å². The number of benzene rings is 2. The fourth-order valence-electron chi connectivity index (χ4n) is 2.41. The lowest BCUT2D eigenvalue weighted by Crippen LogP contribution is -2.14. The Kier molecular flexibility index (Phi) is 6.33. The maximum absolute atomic E-state index is 12.6. The van der Waals surface area contributed by atoms with Crippen LogP contribution in [-0.4, -0.2) is 10.8 Å². The average molecular weight is 401 g/mol. The molecule has 5 nitrogen and oxygen atoms in total. The van der Waals surface area contributed by atoms with E-state index in [2.05, 4.69) is 10.1 Å². The molecule has 0 aliphatic heterocycles. The summed E-state index contributed by atoms with van der Waals surface area (Å²) in [4.78, 5) is 9.19. The SMILES string of the molecule is N/C(=N/OCc1ccc(C(F)(F)F)cc1)c1cccc(OCc2cccnc2)c1. The van der Waals surface area contributed by atoms with Crippen LogP contribution in [0.25, 0.3) is 0 Å². The van der Waals surface area contributed by atoms with Crippen LogP contribution < -0.4 is 10.5 Å². The second kappa shape index (κ2) is 9.09. The van der Waals surface area contributed by atoms with Gasteiger partial charge < -0.3 is 15.3 Å². The van der Waals surface area contributed by atoms with E-state index in [1.807, 2.05) is 12.1 Å². The number of aromatic nitrogens is 1. The normalized spacial score (nSPS) is 11.9. The summed E-state index contributed by atoms with van der Waals surface area (Å²) in [7, 11) is 0. The van der Waals surface area contributed by atoms with Crippen molar-refractivity contribution >= 4 is 5.84 Å². The second-order valence-corrected chi connectivity index (χ2v) is 6.12. The zero-order chi connectivity index (χ0) is 20.7. The topological polar surface area (TPSA) is 69.7 Å². The fourth-order valence-corrected chi connectivity index (χ4v) is 2.41. The molecule has 0 atom stereocenters. The van der Waals surface area contributed by atoms with Crippen molar-refractivity contribution in [3.8, 4) is 5.75 Å². The van der Waals surface area contributed by atoms with Crippen molar-refractivity contribution < 1.29 is 22.7 Å². The summed E-state index contributed by atoms with van der Waals surface area (Å²) in [6, 6.07) is 15.4. The van der Waals surface area contributed by atoms with Crippen LogP contribution >= 0.6 is 0 Å². The van der Waals surface area contributed by atoms with Gasteiger partial charge in [0.2, 0.25) is 0 Å². The predicted molar refractivity (Wildman–Crippen MR) is 102 cm³/mol. The zero-order valence-electron chi connectivity index (χ0n) is 15.3. The zero-order valence-corrected chi connectivity index (χ0v) is 15.3. The number of alkyl halides is 3. The highest BCUT2D eigenvalue weighted by Crippen LogP contribution is 2.29. The van der Waals surface area contributed by atoms with Crippen LogP contribution in [0.2, 0.25) is 0 Å². The fraction of sp³-hybridized carbons (Fsp3) is 0.143. The first kappa shape index (κ1) is 20.2. The maximum Gasteiger partial charge on any atom is 0.416 e. The van der Waals surface area contributed by atoms with Gasteiger partial charge in [-0.3, -0.25) is 4.98 Å². The van der Waals surface area contributed by atoms with Gasteiger partial charge in [0.05, 0.1) is 5.56 Å². The molecule has 3 rings (SSSR count). The number of nitrogens with zero attached hydrogens (tertiary/aromatic N) is 2. The van der Waals surface area contributed by atoms with Gasteiger partial charge in [-0.1, -0.05) is 35.5 Å². The van der Waals surface area contributed by atoms with Gasteiger partial charge in [-0.05, 0) is 35.9 Å². The quantitative estimate of drug-likeness (QED) is 0.359. The number of halogens is 3. The molecule has 2 N–H and O–H groups in total. The molecule has 0 unspecified atom stereocenters. The first-order valence-electron chi connectivity index (χ1n) is 8.65. The van der Waals surface area contributed by atoms with Crippen LogP contribution in [-0.2, 0) is 24.2 Å². The second-order valence-electron chi connectivity index (χ2n) is 6.12. The number of amidine groups is 1. The van der Waals surface area contributed by atoms with E-state index < -0.39 is 11.7 Å². The Bertz CT molecular complexity index is 959. The van der Waals surface area contributed by atoms with Crippen LogP contribution in [0.5, 0.6) is 5.75 Å². The molecule has 150 valence electrons. The maximum atomic E-state index is 12.6. The summed E-state index contributed by atoms with van der Waals surface area (Å²) >= 11 is 0. The Morgan fingerprint density at radius 3 is 2.45 bits per heavy atom. The lowest BCUT2D eigenvalue weighted by molar-refractivity contribution is -0.137. The van der Waals surface area contributed by atoms with Gasteiger partial charge in [0.15, 0.2) is 5.84 Å². The highest BCUT2D eigenvalue weighted by atomic mass is 19.4. The third kappa shape index (κ3) is 5.97. The van der Waals surface area contributed by atoms with E-state index in [-0.39, 0.29) is 12.4 Å². The summed E-state index contributed by atoms with van der Waals surface area (Å²) in [5, 5.41) is 3.83. The number of rotatable bonds is 7. The largest absolute Gasteiger partial charge is 0.489 e. The van der Waals surface area contributed by atoms with E-state index in [1.54, 1.807) is 36.7 Å². The van der Waals surface area contributed by atoms with Gasteiger partial charge in [0.1, 0.15) is 19.0 Å². The number of ether oxygens (including phenoxy) is 1. The van der Waals surface area contributed by atoms with Crippen molar-refractivity contribution in [2.75, 3.05) is 0 Å². The highest BCUT2D eigenvalue weighted by molar-refractivity contribution is 5.97. The van der Waals surface area contributed by atoms with Crippen molar-refractivity contribution in [1.29, 1.82) is 0 Å². The summed E-state index contributed by atoms with van der Waals surface area (Å²) in [5.74, 6) is 0.732. The number of pyridine rings is 1. The van der Waals surface area contributed by atoms with Gasteiger partial charge >= 0.3 is 6.18 Å². The number of hydrogen-bond donors (Lipinski definition) is 1. The van der Waals surface area contributed by atoms with Crippen LogP contribution in [0.3, 0.4) is 0 Å². The minimum Gasteiger partial charge on any atom is -0.489 e. The Balaban J connectivity index is 1.57. The lowest BCUT2D eigenvalue weighted by atomic mass is 10.1. The van der Waals surface area contributed by atoms with Crippen LogP contribution in [0.4, 0.5) is 13.2 Å². The molecule has 8 heteroatoms. The first-order valence-corrected chi connectivity index (χ1v) is 8.65. The standard InChI is InChI=1S/C21H18F3N3O2/c22-21(23,24)18-8-6-15(7-9-18)14-29-27-20(25)17-4-1-5-19(11-17)28-13-16-3-2-10-26-12-16/h1-12H,13-14H2,(H2,25,27). The summed E-state index contributed by atoms with van der Waals surface area (Å²) < 4.78 is 43.4. The molecule has 1 aromatic heterocycles. The predicted octanol–water partition coefficient (Wildman–Crippen LogP) is 4.52. The molecule has 1 heterocycles. The number of hydrogen-bond acceptors (Lipinski definition) is 4. The van der Waals surface area contributed by atoms with Crippen LogP contribution in [0.1, 0.15) is 22.3 Å². The van der Waals surface area contributed by atoms with Crippen molar-refractivity contribution in [3.05, 3.63) is 95.3 Å². The van der Waals surface area contributed by atoms with E-state index >= 15 is 0 Å². The van der Waals surface area contributed by atoms with Gasteiger partial charge in [-0.2, -0.15) is 13.2 Å². The molecule has 0 fully saturated rings. The molecule has 0 spiro atoms. The third-order valence-corrected chi connectivity index (χ3v) is 3.93. The number of nitrogens with two attached hydrogens (primary N) is 1. The van der Waals surface area contributed by atoms with Crippen LogP contribution in [0.15, 0.2) is 78.2 Å². The minimum absolute atomic E-state index is 0.00393. The molecule has 0 amide bonds. The average Bonchev–Trinajstić information content (AvgIpc) is 2.73. The monoisotopic (exact) mass is 401 g/mol.